The summed E-state index contributed by atoms with van der Waals surface area (Å²) in [5, 5.41) is 19.3. The second-order valence-corrected chi connectivity index (χ2v) is 8.48. The Balaban J connectivity index is 1.58. The van der Waals surface area contributed by atoms with Crippen LogP contribution in [0, 0.1) is 17.3 Å². The van der Waals surface area contributed by atoms with Crippen molar-refractivity contribution in [2.75, 3.05) is 0 Å². The molecule has 24 heavy (non-hydrogen) atoms. The van der Waals surface area contributed by atoms with E-state index in [1.54, 1.807) is 0 Å². The van der Waals surface area contributed by atoms with Crippen molar-refractivity contribution in [3.05, 3.63) is 34.9 Å². The molecule has 2 N–H and O–H groups in total. The number of aliphatic carboxylic acids is 1. The smallest absolute Gasteiger partial charge is 0.303 e. The van der Waals surface area contributed by atoms with Crippen LogP contribution >= 0.6 is 0 Å². The molecule has 5 atom stereocenters. The Labute approximate surface area is 144 Å². The van der Waals surface area contributed by atoms with Gasteiger partial charge in [-0.05, 0) is 84.8 Å². The number of fused-ring (bicyclic) bond motifs is 5. The van der Waals surface area contributed by atoms with Crippen LogP contribution in [-0.4, -0.2) is 22.3 Å². The molecule has 0 radical (unpaired) electrons. The lowest BCUT2D eigenvalue weighted by molar-refractivity contribution is -0.136. The minimum Gasteiger partial charge on any atom is -0.481 e. The van der Waals surface area contributed by atoms with Crippen LogP contribution < -0.4 is 0 Å². The molecule has 0 heterocycles. The van der Waals surface area contributed by atoms with Gasteiger partial charge < -0.3 is 10.2 Å². The maximum absolute atomic E-state index is 10.8. The van der Waals surface area contributed by atoms with Gasteiger partial charge >= 0.3 is 5.97 Å². The zero-order chi connectivity index (χ0) is 16.9. The number of aryl methyl sites for hydroxylation is 2. The molecule has 1 aromatic rings. The molecule has 3 nitrogen and oxygen atoms in total. The van der Waals surface area contributed by atoms with E-state index in [4.69, 9.17) is 5.11 Å². The number of benzene rings is 1. The van der Waals surface area contributed by atoms with E-state index in [1.165, 1.54) is 30.4 Å². The van der Waals surface area contributed by atoms with E-state index >= 15 is 0 Å². The first-order valence-corrected chi connectivity index (χ1v) is 9.50. The topological polar surface area (TPSA) is 57.5 Å². The number of carboxylic acid groups (broad SMARTS) is 1. The first-order valence-electron chi connectivity index (χ1n) is 9.50. The van der Waals surface area contributed by atoms with Crippen LogP contribution in [0.15, 0.2) is 18.2 Å². The summed E-state index contributed by atoms with van der Waals surface area (Å²) >= 11 is 0. The third kappa shape index (κ3) is 2.48. The van der Waals surface area contributed by atoms with Crippen LogP contribution in [0.5, 0.6) is 0 Å². The summed E-state index contributed by atoms with van der Waals surface area (Å²) in [5.41, 5.74) is 4.25. The van der Waals surface area contributed by atoms with Crippen molar-refractivity contribution in [1.82, 2.24) is 0 Å². The van der Waals surface area contributed by atoms with Crippen molar-refractivity contribution in [2.45, 2.75) is 70.3 Å². The van der Waals surface area contributed by atoms with Crippen molar-refractivity contribution >= 4 is 5.97 Å². The number of rotatable bonds is 3. The zero-order valence-corrected chi connectivity index (χ0v) is 14.5. The Morgan fingerprint density at radius 3 is 2.88 bits per heavy atom. The van der Waals surface area contributed by atoms with Crippen LogP contribution in [-0.2, 0) is 17.6 Å². The molecule has 0 amide bonds. The lowest BCUT2D eigenvalue weighted by Gasteiger charge is -2.50. The molecule has 2 saturated carbocycles. The van der Waals surface area contributed by atoms with E-state index in [0.717, 1.165) is 30.7 Å². The van der Waals surface area contributed by atoms with E-state index in [2.05, 4.69) is 25.1 Å². The maximum Gasteiger partial charge on any atom is 0.303 e. The average molecular weight is 328 g/mol. The molecule has 4 rings (SSSR count). The van der Waals surface area contributed by atoms with E-state index in [1.807, 2.05) is 0 Å². The summed E-state index contributed by atoms with van der Waals surface area (Å²) in [6.07, 6.45) is 7.57. The second-order valence-electron chi connectivity index (χ2n) is 8.48. The Bertz CT molecular complexity index is 652. The summed E-state index contributed by atoms with van der Waals surface area (Å²) < 4.78 is 0. The van der Waals surface area contributed by atoms with Crippen LogP contribution in [0.25, 0.3) is 0 Å². The van der Waals surface area contributed by atoms with Gasteiger partial charge in [-0.3, -0.25) is 4.79 Å². The number of hydrogen-bond donors (Lipinski definition) is 2. The van der Waals surface area contributed by atoms with Crippen molar-refractivity contribution in [1.29, 1.82) is 0 Å². The first kappa shape index (κ1) is 16.1. The Morgan fingerprint density at radius 2 is 2.08 bits per heavy atom. The van der Waals surface area contributed by atoms with Gasteiger partial charge in [-0.1, -0.05) is 25.1 Å². The molecule has 3 unspecified atom stereocenters. The van der Waals surface area contributed by atoms with Gasteiger partial charge in [-0.15, -0.1) is 0 Å². The maximum atomic E-state index is 10.8. The predicted molar refractivity (Wildman–Crippen MR) is 93.0 cm³/mol. The van der Waals surface area contributed by atoms with Gasteiger partial charge in [0.1, 0.15) is 0 Å². The van der Waals surface area contributed by atoms with Crippen molar-refractivity contribution in [3.8, 4) is 0 Å². The molecule has 0 aromatic heterocycles. The summed E-state index contributed by atoms with van der Waals surface area (Å²) in [6, 6.07) is 6.67. The fourth-order valence-corrected chi connectivity index (χ4v) is 6.01. The molecule has 130 valence electrons. The van der Waals surface area contributed by atoms with E-state index in [0.29, 0.717) is 18.3 Å². The minimum absolute atomic E-state index is 0.108. The third-order valence-electron chi connectivity index (χ3n) is 7.37. The molecule has 1 aromatic carbocycles. The highest BCUT2D eigenvalue weighted by atomic mass is 16.4. The fraction of sp³-hybridized carbons (Fsp3) is 0.667. The molecule has 2 fully saturated rings. The van der Waals surface area contributed by atoms with Crippen LogP contribution in [0.3, 0.4) is 0 Å². The van der Waals surface area contributed by atoms with Gasteiger partial charge in [0.25, 0.3) is 0 Å². The number of aliphatic hydroxyl groups excluding tert-OH is 1. The van der Waals surface area contributed by atoms with E-state index < -0.39 is 5.97 Å². The third-order valence-corrected chi connectivity index (χ3v) is 7.37. The van der Waals surface area contributed by atoms with E-state index in [9.17, 15) is 9.90 Å². The molecule has 0 spiro atoms. The molecule has 0 bridgehead atoms. The Kier molecular flexibility index (Phi) is 3.95. The highest BCUT2D eigenvalue weighted by Gasteiger charge is 2.54. The second kappa shape index (κ2) is 5.87. The van der Waals surface area contributed by atoms with Gasteiger partial charge in [0, 0.05) is 6.42 Å². The van der Waals surface area contributed by atoms with Crippen molar-refractivity contribution in [2.24, 2.45) is 17.3 Å². The SMILES string of the molecule is C[C@]12CCC3c4ccc(CCC(=O)O)cc4CCC3C1CC[C@@H]2O. The highest BCUT2D eigenvalue weighted by Crippen LogP contribution is 2.60. The standard InChI is InChI=1S/C21H28O3/c1-21-11-10-16-15-5-2-13(3-9-20(23)24)12-14(15)4-6-17(16)18(21)7-8-19(21)22/h2,5,12,16-19,22H,3-4,6-11H2,1H3,(H,23,24)/t16?,17?,18?,19-,21-/m0/s1. The Hall–Kier alpha value is -1.35. The van der Waals surface area contributed by atoms with Crippen LogP contribution in [0.2, 0.25) is 0 Å². The van der Waals surface area contributed by atoms with Crippen LogP contribution in [0.4, 0.5) is 0 Å². The summed E-state index contributed by atoms with van der Waals surface area (Å²) in [4.78, 5) is 10.8. The average Bonchev–Trinajstić information content (AvgIpc) is 2.88. The van der Waals surface area contributed by atoms with Crippen LogP contribution in [0.1, 0.15) is 68.1 Å². The van der Waals surface area contributed by atoms with Gasteiger partial charge in [-0.25, -0.2) is 0 Å². The number of aliphatic hydroxyl groups is 1. The molecular weight excluding hydrogens is 300 g/mol. The van der Waals surface area contributed by atoms with Crippen molar-refractivity contribution < 1.29 is 15.0 Å². The molecule has 0 aliphatic heterocycles. The highest BCUT2D eigenvalue weighted by molar-refractivity contribution is 5.67. The summed E-state index contributed by atoms with van der Waals surface area (Å²) in [6.45, 7) is 2.32. The summed E-state index contributed by atoms with van der Waals surface area (Å²) in [7, 11) is 0. The lowest BCUT2D eigenvalue weighted by Crippen LogP contribution is -2.43. The number of hydrogen-bond acceptors (Lipinski definition) is 2. The van der Waals surface area contributed by atoms with Gasteiger partial charge in [0.15, 0.2) is 0 Å². The van der Waals surface area contributed by atoms with Gasteiger partial charge in [0.05, 0.1) is 6.10 Å². The molecule has 3 heteroatoms. The number of carbonyl (C=O) groups is 1. The fourth-order valence-electron chi connectivity index (χ4n) is 6.01. The van der Waals surface area contributed by atoms with Crippen molar-refractivity contribution in [3.63, 3.8) is 0 Å². The quantitative estimate of drug-likeness (QED) is 0.884. The number of carboxylic acids is 1. The zero-order valence-electron chi connectivity index (χ0n) is 14.5. The largest absolute Gasteiger partial charge is 0.481 e. The molecule has 0 saturated heterocycles. The van der Waals surface area contributed by atoms with Gasteiger partial charge in [0.2, 0.25) is 0 Å². The molecular formula is C21H28O3. The lowest BCUT2D eigenvalue weighted by atomic mass is 9.55. The normalized spacial score (nSPS) is 37.4. The predicted octanol–water partition coefficient (Wildman–Crippen LogP) is 3.92. The Morgan fingerprint density at radius 1 is 1.25 bits per heavy atom. The van der Waals surface area contributed by atoms with E-state index in [-0.39, 0.29) is 17.9 Å². The first-order chi connectivity index (χ1) is 11.5. The van der Waals surface area contributed by atoms with Gasteiger partial charge in [-0.2, -0.15) is 0 Å². The minimum atomic E-state index is -0.723. The summed E-state index contributed by atoms with van der Waals surface area (Å²) in [5.74, 6) is 1.31. The monoisotopic (exact) mass is 328 g/mol. The molecule has 3 aliphatic rings. The molecule has 3 aliphatic carbocycles.